The van der Waals surface area contributed by atoms with Crippen LogP contribution in [-0.2, 0) is 9.53 Å². The Morgan fingerprint density at radius 2 is 2.05 bits per heavy atom. The summed E-state index contributed by atoms with van der Waals surface area (Å²) in [5.41, 5.74) is -0.231. The van der Waals surface area contributed by atoms with Crippen molar-refractivity contribution in [2.24, 2.45) is 22.7 Å². The molecule has 4 atom stereocenters. The van der Waals surface area contributed by atoms with Crippen LogP contribution in [0.2, 0.25) is 0 Å². The van der Waals surface area contributed by atoms with Gasteiger partial charge in [-0.2, -0.15) is 0 Å². The van der Waals surface area contributed by atoms with Crippen LogP contribution in [0.4, 0.5) is 0 Å². The summed E-state index contributed by atoms with van der Waals surface area (Å²) in [6, 6.07) is 0. The first kappa shape index (κ1) is 16.0. The first-order valence-electron chi connectivity index (χ1n) is 8.48. The van der Waals surface area contributed by atoms with Crippen LogP contribution in [-0.4, -0.2) is 35.0 Å². The molecule has 4 unspecified atom stereocenters. The molecule has 2 saturated carbocycles. The van der Waals surface area contributed by atoms with Crippen LogP contribution in [0, 0.1) is 22.7 Å². The summed E-state index contributed by atoms with van der Waals surface area (Å²) in [4.78, 5) is 12.0. The van der Waals surface area contributed by atoms with Gasteiger partial charge >= 0.3 is 5.97 Å². The molecule has 0 saturated heterocycles. The van der Waals surface area contributed by atoms with E-state index in [0.717, 1.165) is 24.8 Å². The highest BCUT2D eigenvalue weighted by molar-refractivity contribution is 5.91. The number of carboxylic acids is 1. The van der Waals surface area contributed by atoms with Crippen LogP contribution >= 0.6 is 0 Å². The van der Waals surface area contributed by atoms with Gasteiger partial charge in [-0.15, -0.1) is 0 Å². The summed E-state index contributed by atoms with van der Waals surface area (Å²) in [7, 11) is 0. The predicted molar refractivity (Wildman–Crippen MR) is 83.4 cm³/mol. The van der Waals surface area contributed by atoms with Crippen molar-refractivity contribution in [2.75, 3.05) is 13.2 Å². The summed E-state index contributed by atoms with van der Waals surface area (Å²) in [5.74, 6) is -0.0319. The molecule has 4 heteroatoms. The van der Waals surface area contributed by atoms with Crippen molar-refractivity contribution in [3.63, 3.8) is 0 Å². The second kappa shape index (κ2) is 4.81. The van der Waals surface area contributed by atoms with E-state index in [4.69, 9.17) is 4.74 Å². The molecule has 22 heavy (non-hydrogen) atoms. The van der Waals surface area contributed by atoms with Gasteiger partial charge in [0.05, 0.1) is 12.2 Å². The number of fused-ring (bicyclic) bond motifs is 1. The Bertz CT molecular complexity index is 535. The lowest BCUT2D eigenvalue weighted by Crippen LogP contribution is -2.48. The van der Waals surface area contributed by atoms with Gasteiger partial charge < -0.3 is 14.9 Å². The van der Waals surface area contributed by atoms with Gasteiger partial charge in [-0.3, -0.25) is 0 Å². The van der Waals surface area contributed by atoms with E-state index in [1.165, 1.54) is 0 Å². The van der Waals surface area contributed by atoms with E-state index in [0.29, 0.717) is 24.9 Å². The van der Waals surface area contributed by atoms with Crippen LogP contribution in [0.15, 0.2) is 11.1 Å². The van der Waals surface area contributed by atoms with E-state index in [1.54, 1.807) is 0 Å². The zero-order valence-electron chi connectivity index (χ0n) is 14.1. The molecule has 2 N–H and O–H groups in total. The number of ether oxygens (including phenoxy) is 1. The molecular weight excluding hydrogens is 280 g/mol. The molecular formula is C18H28O4. The van der Waals surface area contributed by atoms with E-state index in [2.05, 4.69) is 20.8 Å². The van der Waals surface area contributed by atoms with E-state index >= 15 is 0 Å². The Morgan fingerprint density at radius 1 is 1.36 bits per heavy atom. The highest BCUT2D eigenvalue weighted by Crippen LogP contribution is 2.74. The fourth-order valence-electron chi connectivity index (χ4n) is 5.92. The van der Waals surface area contributed by atoms with Crippen molar-refractivity contribution in [3.8, 4) is 0 Å². The lowest BCUT2D eigenvalue weighted by Gasteiger charge is -2.52. The van der Waals surface area contributed by atoms with Crippen molar-refractivity contribution in [1.82, 2.24) is 0 Å². The highest BCUT2D eigenvalue weighted by Gasteiger charge is 2.69. The number of aliphatic carboxylic acids is 1. The molecule has 0 radical (unpaired) electrons. The summed E-state index contributed by atoms with van der Waals surface area (Å²) in [6.45, 7) is 9.21. The topological polar surface area (TPSA) is 66.8 Å². The van der Waals surface area contributed by atoms with Crippen LogP contribution < -0.4 is 0 Å². The predicted octanol–water partition coefficient (Wildman–Crippen LogP) is 3.00. The molecule has 0 aromatic rings. The standard InChI is InChI=1S/C18H28O4/c1-5-22-10-17(21)9-18-11(2)6-7-12(16(18,3)4)8-13(18)14(17)15(19)20/h11-12,21H,5-10H2,1-4H3,(H,19,20). The summed E-state index contributed by atoms with van der Waals surface area (Å²) in [5, 5.41) is 20.9. The second-order valence-corrected chi connectivity index (χ2v) is 8.08. The number of hydrogen-bond acceptors (Lipinski definition) is 3. The molecule has 2 bridgehead atoms. The van der Waals surface area contributed by atoms with Crippen molar-refractivity contribution < 1.29 is 19.7 Å². The molecule has 1 spiro atoms. The Hall–Kier alpha value is -0.870. The molecule has 0 aliphatic heterocycles. The van der Waals surface area contributed by atoms with Crippen molar-refractivity contribution in [2.45, 2.75) is 59.0 Å². The normalized spacial score (nSPS) is 42.6. The maximum atomic E-state index is 12.0. The lowest BCUT2D eigenvalue weighted by molar-refractivity contribution is -0.137. The molecule has 0 aromatic heterocycles. The van der Waals surface area contributed by atoms with Crippen molar-refractivity contribution in [3.05, 3.63) is 11.1 Å². The Balaban J connectivity index is 2.16. The summed E-state index contributed by atoms with van der Waals surface area (Å²) < 4.78 is 5.46. The van der Waals surface area contributed by atoms with Crippen LogP contribution in [0.3, 0.4) is 0 Å². The Kier molecular flexibility index (Phi) is 3.50. The van der Waals surface area contributed by atoms with Gasteiger partial charge in [0.1, 0.15) is 5.60 Å². The number of carbonyl (C=O) groups is 1. The molecule has 0 amide bonds. The fourth-order valence-corrected chi connectivity index (χ4v) is 5.92. The number of hydrogen-bond donors (Lipinski definition) is 2. The smallest absolute Gasteiger partial charge is 0.334 e. The van der Waals surface area contributed by atoms with Crippen LogP contribution in [0.5, 0.6) is 0 Å². The highest BCUT2D eigenvalue weighted by atomic mass is 16.5. The minimum absolute atomic E-state index is 0.0391. The average Bonchev–Trinajstić information content (AvgIpc) is 2.74. The second-order valence-electron chi connectivity index (χ2n) is 8.08. The van der Waals surface area contributed by atoms with Gasteiger partial charge in [-0.25, -0.2) is 4.79 Å². The molecule has 2 fully saturated rings. The SMILES string of the molecule is CCOCC1(O)CC23C(=C1C(=O)O)CC(CCC2C)C3(C)C. The third kappa shape index (κ3) is 1.74. The summed E-state index contributed by atoms with van der Waals surface area (Å²) in [6.07, 6.45) is 3.61. The third-order valence-corrected chi connectivity index (χ3v) is 7.05. The molecule has 3 aliphatic carbocycles. The van der Waals surface area contributed by atoms with Gasteiger partial charge in [0.15, 0.2) is 0 Å². The van der Waals surface area contributed by atoms with E-state index < -0.39 is 11.6 Å². The fraction of sp³-hybridized carbons (Fsp3) is 0.833. The largest absolute Gasteiger partial charge is 0.478 e. The third-order valence-electron chi connectivity index (χ3n) is 7.05. The minimum Gasteiger partial charge on any atom is -0.478 e. The number of carboxylic acid groups (broad SMARTS) is 1. The molecule has 3 rings (SSSR count). The molecule has 0 aromatic carbocycles. The quantitative estimate of drug-likeness (QED) is 0.838. The number of aliphatic hydroxyl groups is 1. The average molecular weight is 308 g/mol. The first-order valence-corrected chi connectivity index (χ1v) is 8.48. The van der Waals surface area contributed by atoms with Gasteiger partial charge in [0, 0.05) is 12.0 Å². The van der Waals surface area contributed by atoms with Gasteiger partial charge in [0.25, 0.3) is 0 Å². The van der Waals surface area contributed by atoms with E-state index in [9.17, 15) is 15.0 Å². The number of allylic oxidation sites excluding steroid dienone is 1. The van der Waals surface area contributed by atoms with E-state index in [-0.39, 0.29) is 23.0 Å². The Morgan fingerprint density at radius 3 is 2.64 bits per heavy atom. The minimum atomic E-state index is -1.34. The monoisotopic (exact) mass is 308 g/mol. The molecule has 0 heterocycles. The number of rotatable bonds is 4. The Labute approximate surface area is 132 Å². The summed E-state index contributed by atoms with van der Waals surface area (Å²) >= 11 is 0. The zero-order chi connectivity index (χ0) is 16.3. The molecule has 124 valence electrons. The maximum Gasteiger partial charge on any atom is 0.334 e. The lowest BCUT2D eigenvalue weighted by atomic mass is 9.52. The van der Waals surface area contributed by atoms with Crippen LogP contribution in [0.25, 0.3) is 0 Å². The van der Waals surface area contributed by atoms with E-state index in [1.807, 2.05) is 6.92 Å². The molecule has 4 nitrogen and oxygen atoms in total. The first-order chi connectivity index (χ1) is 10.2. The van der Waals surface area contributed by atoms with Crippen LogP contribution in [0.1, 0.15) is 53.4 Å². The van der Waals surface area contributed by atoms with Gasteiger partial charge in [-0.05, 0) is 55.4 Å². The van der Waals surface area contributed by atoms with Crippen molar-refractivity contribution in [1.29, 1.82) is 0 Å². The van der Waals surface area contributed by atoms with Crippen molar-refractivity contribution >= 4 is 5.97 Å². The maximum absolute atomic E-state index is 12.0. The zero-order valence-corrected chi connectivity index (χ0v) is 14.1. The molecule has 3 aliphatic rings. The van der Waals surface area contributed by atoms with Gasteiger partial charge in [-0.1, -0.05) is 20.8 Å². The van der Waals surface area contributed by atoms with Gasteiger partial charge in [0.2, 0.25) is 0 Å².